The molecule has 22 heavy (non-hydrogen) atoms. The van der Waals surface area contributed by atoms with E-state index in [9.17, 15) is 4.79 Å². The number of furan rings is 1. The summed E-state index contributed by atoms with van der Waals surface area (Å²) in [6, 6.07) is 11.0. The van der Waals surface area contributed by atoms with Crippen molar-refractivity contribution in [3.63, 3.8) is 0 Å². The Bertz CT molecular complexity index is 848. The van der Waals surface area contributed by atoms with Crippen LogP contribution in [0.5, 0.6) is 0 Å². The summed E-state index contributed by atoms with van der Waals surface area (Å²) in [6.45, 7) is 1.08. The van der Waals surface area contributed by atoms with Gasteiger partial charge in [-0.3, -0.25) is 9.36 Å². The highest BCUT2D eigenvalue weighted by Gasteiger charge is 2.08. The molecule has 0 aliphatic carbocycles. The van der Waals surface area contributed by atoms with Crippen LogP contribution in [0.2, 0.25) is 0 Å². The van der Waals surface area contributed by atoms with Crippen LogP contribution in [-0.2, 0) is 6.54 Å². The molecular weight excluding hydrogens is 278 g/mol. The third-order valence-electron chi connectivity index (χ3n) is 3.42. The van der Waals surface area contributed by atoms with Crippen molar-refractivity contribution in [3.8, 4) is 0 Å². The first kappa shape index (κ1) is 14.3. The molecule has 0 unspecified atom stereocenters. The van der Waals surface area contributed by atoms with Gasteiger partial charge in [0.2, 0.25) is 0 Å². The Morgan fingerprint density at radius 2 is 2.05 bits per heavy atom. The highest BCUT2D eigenvalue weighted by Crippen LogP contribution is 2.11. The molecule has 0 saturated heterocycles. The second-order valence-corrected chi connectivity index (χ2v) is 4.93. The van der Waals surface area contributed by atoms with Crippen molar-refractivity contribution in [2.45, 2.75) is 13.0 Å². The van der Waals surface area contributed by atoms with E-state index in [1.54, 1.807) is 29.0 Å². The topological polar surface area (TPSA) is 74.1 Å². The maximum absolute atomic E-state index is 12.6. The Labute approximate surface area is 127 Å². The summed E-state index contributed by atoms with van der Waals surface area (Å²) in [4.78, 5) is 17.2. The van der Waals surface area contributed by atoms with Gasteiger partial charge in [-0.1, -0.05) is 12.1 Å². The fraction of sp³-hybridized carbons (Fsp3) is 0.176. The number of para-hydroxylation sites is 1. The van der Waals surface area contributed by atoms with Crippen molar-refractivity contribution in [3.05, 3.63) is 64.6 Å². The smallest absolute Gasteiger partial charge is 0.261 e. The van der Waals surface area contributed by atoms with Crippen molar-refractivity contribution >= 4 is 23.1 Å². The van der Waals surface area contributed by atoms with Crippen LogP contribution in [0.3, 0.4) is 0 Å². The van der Waals surface area contributed by atoms with Crippen molar-refractivity contribution in [1.82, 2.24) is 9.55 Å². The van der Waals surface area contributed by atoms with Crippen molar-refractivity contribution in [2.24, 2.45) is 5.73 Å². The zero-order valence-corrected chi connectivity index (χ0v) is 12.1. The van der Waals surface area contributed by atoms with Crippen LogP contribution in [0.4, 0.5) is 0 Å². The molecule has 0 radical (unpaired) electrons. The lowest BCUT2D eigenvalue weighted by Crippen LogP contribution is -2.25. The molecule has 3 aromatic rings. The van der Waals surface area contributed by atoms with E-state index in [0.29, 0.717) is 35.6 Å². The van der Waals surface area contributed by atoms with Crippen LogP contribution in [0.1, 0.15) is 18.0 Å². The second-order valence-electron chi connectivity index (χ2n) is 4.93. The van der Waals surface area contributed by atoms with Crippen molar-refractivity contribution in [1.29, 1.82) is 0 Å². The van der Waals surface area contributed by atoms with Gasteiger partial charge in [0.1, 0.15) is 11.6 Å². The Morgan fingerprint density at radius 3 is 2.82 bits per heavy atom. The number of rotatable bonds is 5. The highest BCUT2D eigenvalue weighted by molar-refractivity contribution is 5.79. The first-order chi connectivity index (χ1) is 10.8. The number of fused-ring (bicyclic) bond motifs is 1. The molecule has 112 valence electrons. The predicted octanol–water partition coefficient (Wildman–Crippen LogP) is 2.51. The summed E-state index contributed by atoms with van der Waals surface area (Å²) in [5, 5.41) is 0.620. The molecule has 0 aliphatic rings. The lowest BCUT2D eigenvalue weighted by atomic mass is 10.2. The minimum Gasteiger partial charge on any atom is -0.465 e. The molecule has 1 aromatic carbocycles. The summed E-state index contributed by atoms with van der Waals surface area (Å²) >= 11 is 0. The van der Waals surface area contributed by atoms with Crippen LogP contribution in [0, 0.1) is 0 Å². The first-order valence-electron chi connectivity index (χ1n) is 7.21. The molecule has 0 spiro atoms. The fourth-order valence-electron chi connectivity index (χ4n) is 2.32. The lowest BCUT2D eigenvalue weighted by Gasteiger charge is -2.10. The molecule has 0 atom stereocenters. The Kier molecular flexibility index (Phi) is 4.16. The van der Waals surface area contributed by atoms with Gasteiger partial charge in [-0.15, -0.1) is 0 Å². The summed E-state index contributed by atoms with van der Waals surface area (Å²) in [5.74, 6) is 1.32. The maximum atomic E-state index is 12.6. The van der Waals surface area contributed by atoms with E-state index in [1.807, 2.05) is 30.3 Å². The fourth-order valence-corrected chi connectivity index (χ4v) is 2.32. The van der Waals surface area contributed by atoms with Gasteiger partial charge in [-0.05, 0) is 49.4 Å². The molecule has 2 heterocycles. The number of nitrogens with two attached hydrogens (primary N) is 1. The highest BCUT2D eigenvalue weighted by atomic mass is 16.3. The van der Waals surface area contributed by atoms with E-state index >= 15 is 0 Å². The number of nitrogens with zero attached hydrogens (tertiary/aromatic N) is 2. The third kappa shape index (κ3) is 2.84. The largest absolute Gasteiger partial charge is 0.465 e. The summed E-state index contributed by atoms with van der Waals surface area (Å²) < 4.78 is 6.93. The molecule has 0 aliphatic heterocycles. The van der Waals surface area contributed by atoms with Gasteiger partial charge in [0.25, 0.3) is 5.56 Å². The zero-order chi connectivity index (χ0) is 15.4. The van der Waals surface area contributed by atoms with Crippen LogP contribution in [-0.4, -0.2) is 16.1 Å². The van der Waals surface area contributed by atoms with E-state index in [-0.39, 0.29) is 5.56 Å². The predicted molar refractivity (Wildman–Crippen MR) is 87.3 cm³/mol. The molecule has 0 amide bonds. The Morgan fingerprint density at radius 1 is 1.18 bits per heavy atom. The number of hydrogen-bond acceptors (Lipinski definition) is 4. The lowest BCUT2D eigenvalue weighted by molar-refractivity contribution is 0.557. The second kappa shape index (κ2) is 6.41. The monoisotopic (exact) mass is 295 g/mol. The van der Waals surface area contributed by atoms with Crippen molar-refractivity contribution in [2.75, 3.05) is 6.54 Å². The van der Waals surface area contributed by atoms with Gasteiger partial charge in [-0.25, -0.2) is 4.98 Å². The van der Waals surface area contributed by atoms with Gasteiger partial charge in [0, 0.05) is 6.54 Å². The minimum absolute atomic E-state index is 0.0434. The minimum atomic E-state index is -0.0434. The SMILES string of the molecule is NCCCn1c(/C=C/c2ccco2)nc2ccccc2c1=O. The molecule has 5 nitrogen and oxygen atoms in total. The molecule has 0 saturated carbocycles. The van der Waals surface area contributed by atoms with E-state index in [4.69, 9.17) is 10.2 Å². The zero-order valence-electron chi connectivity index (χ0n) is 12.1. The first-order valence-corrected chi connectivity index (χ1v) is 7.21. The van der Waals surface area contributed by atoms with Gasteiger partial charge in [0.05, 0.1) is 17.2 Å². The molecule has 3 rings (SSSR count). The molecule has 2 N–H and O–H groups in total. The standard InChI is InChI=1S/C17H17N3O2/c18-10-4-11-20-16(9-8-13-5-3-12-22-13)19-15-7-2-1-6-14(15)17(20)21/h1-3,5-9,12H,4,10-11,18H2/b9-8+. The number of aromatic nitrogens is 2. The average Bonchev–Trinajstić information content (AvgIpc) is 3.06. The summed E-state index contributed by atoms with van der Waals surface area (Å²) in [6.07, 6.45) is 5.93. The molecule has 5 heteroatoms. The van der Waals surface area contributed by atoms with Gasteiger partial charge in [-0.2, -0.15) is 0 Å². The van der Waals surface area contributed by atoms with Crippen LogP contribution < -0.4 is 11.3 Å². The molecule has 2 aromatic heterocycles. The number of benzene rings is 1. The normalized spacial score (nSPS) is 11.5. The average molecular weight is 295 g/mol. The maximum Gasteiger partial charge on any atom is 0.261 e. The van der Waals surface area contributed by atoms with Crippen LogP contribution in [0.25, 0.3) is 23.1 Å². The summed E-state index contributed by atoms with van der Waals surface area (Å²) in [5.41, 5.74) is 6.22. The summed E-state index contributed by atoms with van der Waals surface area (Å²) in [7, 11) is 0. The molecule has 0 bridgehead atoms. The van der Waals surface area contributed by atoms with Gasteiger partial charge >= 0.3 is 0 Å². The Balaban J connectivity index is 2.11. The number of hydrogen-bond donors (Lipinski definition) is 1. The van der Waals surface area contributed by atoms with Crippen LogP contribution in [0.15, 0.2) is 51.9 Å². The quantitative estimate of drug-likeness (QED) is 0.785. The Hall–Kier alpha value is -2.66. The van der Waals surface area contributed by atoms with E-state index in [1.165, 1.54) is 0 Å². The third-order valence-corrected chi connectivity index (χ3v) is 3.42. The molecule has 0 fully saturated rings. The van der Waals surface area contributed by atoms with Crippen LogP contribution >= 0.6 is 0 Å². The van der Waals surface area contributed by atoms with Gasteiger partial charge in [0.15, 0.2) is 0 Å². The van der Waals surface area contributed by atoms with E-state index < -0.39 is 0 Å². The van der Waals surface area contributed by atoms with Crippen molar-refractivity contribution < 1.29 is 4.42 Å². The van der Waals surface area contributed by atoms with E-state index in [2.05, 4.69) is 4.98 Å². The van der Waals surface area contributed by atoms with E-state index in [0.717, 1.165) is 6.42 Å². The molecular formula is C17H17N3O2. The van der Waals surface area contributed by atoms with Gasteiger partial charge < -0.3 is 10.2 Å².